The minimum atomic E-state index is -0.636. The monoisotopic (exact) mass is 297 g/mol. The molecule has 0 heterocycles. The summed E-state index contributed by atoms with van der Waals surface area (Å²) < 4.78 is 18.5. The molecule has 0 aliphatic carbocycles. The van der Waals surface area contributed by atoms with E-state index < -0.39 is 23.3 Å². The molecule has 0 bridgehead atoms. The van der Waals surface area contributed by atoms with E-state index in [2.05, 4.69) is 5.32 Å². The van der Waals surface area contributed by atoms with Crippen LogP contribution < -0.4 is 5.32 Å². The van der Waals surface area contributed by atoms with E-state index in [4.69, 9.17) is 4.74 Å². The lowest BCUT2D eigenvalue weighted by molar-refractivity contribution is -0.153. The summed E-state index contributed by atoms with van der Waals surface area (Å²) in [4.78, 5) is 23.1. The second kappa shape index (κ2) is 8.39. The zero-order chi connectivity index (χ0) is 16.6. The van der Waals surface area contributed by atoms with E-state index in [-0.39, 0.29) is 12.1 Å². The summed E-state index contributed by atoms with van der Waals surface area (Å²) in [7, 11) is 0. The predicted molar refractivity (Wildman–Crippen MR) is 80.7 cm³/mol. The van der Waals surface area contributed by atoms with Crippen LogP contribution in [0.1, 0.15) is 50.5 Å². The number of benzene rings is 1. The number of hydrogen-bond donors (Lipinski definition) is 1. The smallest absolute Gasteiger partial charge is 0.325 e. The lowest BCUT2D eigenvalue weighted by atomic mass is 10.1. The third kappa shape index (κ3) is 7.44. The molecule has 1 amide bonds. The lowest BCUT2D eigenvalue weighted by Crippen LogP contribution is -2.34. The van der Waals surface area contributed by atoms with E-state index >= 15 is 0 Å². The van der Waals surface area contributed by atoms with Crippen molar-refractivity contribution in [2.24, 2.45) is 0 Å². The van der Waals surface area contributed by atoms with E-state index in [1.54, 1.807) is 33.8 Å². The second-order valence-electron chi connectivity index (χ2n) is 5.25. The first-order valence-electron chi connectivity index (χ1n) is 6.95. The van der Waals surface area contributed by atoms with Crippen molar-refractivity contribution < 1.29 is 18.7 Å². The minimum Gasteiger partial charge on any atom is -0.459 e. The molecule has 0 fully saturated rings. The van der Waals surface area contributed by atoms with E-state index in [0.717, 1.165) is 5.56 Å². The Morgan fingerprint density at radius 1 is 1.24 bits per heavy atom. The fourth-order valence-electron chi connectivity index (χ4n) is 1.43. The van der Waals surface area contributed by atoms with Crippen LogP contribution in [-0.4, -0.2) is 24.0 Å². The van der Waals surface area contributed by atoms with Crippen LogP contribution >= 0.6 is 0 Å². The van der Waals surface area contributed by atoms with E-state index in [9.17, 15) is 14.0 Å². The number of amides is 1. The van der Waals surface area contributed by atoms with Crippen LogP contribution in [0.5, 0.6) is 0 Å². The van der Waals surface area contributed by atoms with Crippen molar-refractivity contribution in [2.45, 2.75) is 47.1 Å². The van der Waals surface area contributed by atoms with Crippen LogP contribution in [-0.2, 0) is 9.53 Å². The van der Waals surface area contributed by atoms with Crippen molar-refractivity contribution in [3.05, 3.63) is 35.1 Å². The SMILES string of the molecule is CC.Cc1ccc(C(=O)NCC(=O)OC(C)(C)C)c(F)c1. The molecule has 0 aliphatic heterocycles. The summed E-state index contributed by atoms with van der Waals surface area (Å²) in [5, 5.41) is 2.33. The number of aryl methyl sites for hydroxylation is 1. The van der Waals surface area contributed by atoms with Gasteiger partial charge in [-0.25, -0.2) is 4.39 Å². The van der Waals surface area contributed by atoms with Crippen LogP contribution in [0, 0.1) is 12.7 Å². The first-order chi connectivity index (χ1) is 9.69. The normalized spacial score (nSPS) is 10.2. The Kier molecular flexibility index (Phi) is 7.63. The van der Waals surface area contributed by atoms with Gasteiger partial charge in [0.05, 0.1) is 5.56 Å². The van der Waals surface area contributed by atoms with Crippen LogP contribution in [0.2, 0.25) is 0 Å². The number of ether oxygens (including phenoxy) is 1. The molecule has 0 aliphatic rings. The molecule has 21 heavy (non-hydrogen) atoms. The van der Waals surface area contributed by atoms with Crippen LogP contribution in [0.25, 0.3) is 0 Å². The summed E-state index contributed by atoms with van der Waals surface area (Å²) >= 11 is 0. The van der Waals surface area contributed by atoms with Crippen LogP contribution in [0.4, 0.5) is 4.39 Å². The average molecular weight is 297 g/mol. The Morgan fingerprint density at radius 3 is 2.29 bits per heavy atom. The number of carbonyl (C=O) groups excluding carboxylic acids is 2. The van der Waals surface area contributed by atoms with Crippen LogP contribution in [0.3, 0.4) is 0 Å². The maximum absolute atomic E-state index is 13.5. The highest BCUT2D eigenvalue weighted by Gasteiger charge is 2.18. The molecular formula is C16H24FNO3. The zero-order valence-corrected chi connectivity index (χ0v) is 13.5. The topological polar surface area (TPSA) is 55.4 Å². The quantitative estimate of drug-likeness (QED) is 0.871. The Bertz CT molecular complexity index is 493. The molecule has 1 aromatic carbocycles. The molecule has 0 aromatic heterocycles. The number of hydrogen-bond acceptors (Lipinski definition) is 3. The highest BCUT2D eigenvalue weighted by atomic mass is 19.1. The summed E-state index contributed by atoms with van der Waals surface area (Å²) in [5.74, 6) is -1.81. The minimum absolute atomic E-state index is 0.0887. The van der Waals surface area contributed by atoms with Gasteiger partial charge in [-0.2, -0.15) is 0 Å². The fourth-order valence-corrected chi connectivity index (χ4v) is 1.43. The van der Waals surface area contributed by atoms with Gasteiger partial charge in [-0.3, -0.25) is 9.59 Å². The maximum atomic E-state index is 13.5. The van der Waals surface area contributed by atoms with Gasteiger partial charge >= 0.3 is 5.97 Å². The molecule has 118 valence electrons. The third-order valence-corrected chi connectivity index (χ3v) is 2.18. The maximum Gasteiger partial charge on any atom is 0.325 e. The summed E-state index contributed by atoms with van der Waals surface area (Å²) in [5.41, 5.74) is 0.0204. The Labute approximate surface area is 125 Å². The van der Waals surface area contributed by atoms with Gasteiger partial charge in [0.1, 0.15) is 18.0 Å². The Morgan fingerprint density at radius 2 is 1.81 bits per heavy atom. The number of halogens is 1. The molecular weight excluding hydrogens is 273 g/mol. The van der Waals surface area contributed by atoms with Gasteiger partial charge in [0, 0.05) is 0 Å². The molecule has 5 heteroatoms. The van der Waals surface area contributed by atoms with Crippen LogP contribution in [0.15, 0.2) is 18.2 Å². The van der Waals surface area contributed by atoms with Gasteiger partial charge in [-0.15, -0.1) is 0 Å². The van der Waals surface area contributed by atoms with Crippen molar-refractivity contribution in [1.29, 1.82) is 0 Å². The molecule has 0 saturated heterocycles. The standard InChI is InChI=1S/C14H18FNO3.C2H6/c1-9-5-6-10(11(15)7-9)13(18)16-8-12(17)19-14(2,3)4;1-2/h5-7H,8H2,1-4H3,(H,16,18);1-2H3. The van der Waals surface area contributed by atoms with Gasteiger partial charge in [0.25, 0.3) is 5.91 Å². The summed E-state index contributed by atoms with van der Waals surface area (Å²) in [6.45, 7) is 10.6. The van der Waals surface area contributed by atoms with Gasteiger partial charge in [-0.1, -0.05) is 19.9 Å². The molecule has 0 saturated carbocycles. The van der Waals surface area contributed by atoms with Crippen molar-refractivity contribution >= 4 is 11.9 Å². The first kappa shape index (κ1) is 19.1. The largest absolute Gasteiger partial charge is 0.459 e. The highest BCUT2D eigenvalue weighted by molar-refractivity contribution is 5.96. The fraction of sp³-hybridized carbons (Fsp3) is 0.500. The van der Waals surface area contributed by atoms with E-state index in [1.807, 2.05) is 13.8 Å². The van der Waals surface area contributed by atoms with E-state index in [1.165, 1.54) is 12.1 Å². The van der Waals surface area contributed by atoms with Gasteiger partial charge in [-0.05, 0) is 45.4 Å². The molecule has 0 spiro atoms. The molecule has 1 aromatic rings. The molecule has 1 N–H and O–H groups in total. The van der Waals surface area contributed by atoms with Crippen molar-refractivity contribution in [2.75, 3.05) is 6.54 Å². The van der Waals surface area contributed by atoms with Crippen molar-refractivity contribution in [1.82, 2.24) is 5.32 Å². The highest BCUT2D eigenvalue weighted by Crippen LogP contribution is 2.10. The molecule has 0 unspecified atom stereocenters. The average Bonchev–Trinajstić information content (AvgIpc) is 2.36. The molecule has 0 atom stereocenters. The first-order valence-corrected chi connectivity index (χ1v) is 6.95. The van der Waals surface area contributed by atoms with Gasteiger partial charge in [0.15, 0.2) is 0 Å². The molecule has 0 radical (unpaired) electrons. The van der Waals surface area contributed by atoms with Gasteiger partial charge in [0.2, 0.25) is 0 Å². The summed E-state index contributed by atoms with van der Waals surface area (Å²) in [6, 6.07) is 4.28. The van der Waals surface area contributed by atoms with Crippen molar-refractivity contribution in [3.63, 3.8) is 0 Å². The third-order valence-electron chi connectivity index (χ3n) is 2.18. The lowest BCUT2D eigenvalue weighted by Gasteiger charge is -2.19. The molecule has 1 rings (SSSR count). The Balaban J connectivity index is 0.00000191. The summed E-state index contributed by atoms with van der Waals surface area (Å²) in [6.07, 6.45) is 0. The second-order valence-corrected chi connectivity index (χ2v) is 5.25. The molecule has 4 nitrogen and oxygen atoms in total. The van der Waals surface area contributed by atoms with Gasteiger partial charge < -0.3 is 10.1 Å². The predicted octanol–water partition coefficient (Wildman–Crippen LogP) is 3.23. The Hall–Kier alpha value is -1.91. The zero-order valence-electron chi connectivity index (χ0n) is 13.5. The van der Waals surface area contributed by atoms with Crippen molar-refractivity contribution in [3.8, 4) is 0 Å². The number of carbonyl (C=O) groups is 2. The number of rotatable bonds is 3. The van der Waals surface area contributed by atoms with E-state index in [0.29, 0.717) is 0 Å². The number of esters is 1. The number of nitrogens with one attached hydrogen (secondary N) is 1.